The van der Waals surface area contributed by atoms with Crippen LogP contribution in [0.2, 0.25) is 0 Å². The van der Waals surface area contributed by atoms with Crippen LogP contribution in [0.5, 0.6) is 0 Å². The SMILES string of the molecule is CNCC(C)Cc1c(C)nc(-c2ccccc2Br)nc1C. The summed E-state index contributed by atoms with van der Waals surface area (Å²) < 4.78 is 1.03. The third kappa shape index (κ3) is 3.89. The van der Waals surface area contributed by atoms with E-state index in [0.717, 1.165) is 40.2 Å². The van der Waals surface area contributed by atoms with Gasteiger partial charge < -0.3 is 5.32 Å². The fourth-order valence-corrected chi connectivity index (χ4v) is 3.03. The zero-order valence-electron chi connectivity index (χ0n) is 13.1. The van der Waals surface area contributed by atoms with Crippen molar-refractivity contribution >= 4 is 15.9 Å². The summed E-state index contributed by atoms with van der Waals surface area (Å²) in [6.45, 7) is 7.41. The van der Waals surface area contributed by atoms with E-state index < -0.39 is 0 Å². The first kappa shape index (κ1) is 16.1. The minimum Gasteiger partial charge on any atom is -0.319 e. The lowest BCUT2D eigenvalue weighted by molar-refractivity contribution is 0.537. The third-order valence-corrected chi connectivity index (χ3v) is 4.33. The van der Waals surface area contributed by atoms with Crippen LogP contribution in [-0.4, -0.2) is 23.6 Å². The molecule has 0 spiro atoms. The molecule has 0 saturated heterocycles. The van der Waals surface area contributed by atoms with Crippen LogP contribution in [-0.2, 0) is 6.42 Å². The Kier molecular flexibility index (Phi) is 5.48. The molecule has 1 unspecified atom stereocenters. The molecule has 4 heteroatoms. The maximum Gasteiger partial charge on any atom is 0.160 e. The van der Waals surface area contributed by atoms with E-state index in [1.54, 1.807) is 0 Å². The summed E-state index contributed by atoms with van der Waals surface area (Å²) in [4.78, 5) is 9.43. The fourth-order valence-electron chi connectivity index (χ4n) is 2.57. The monoisotopic (exact) mass is 347 g/mol. The summed E-state index contributed by atoms with van der Waals surface area (Å²) in [5.41, 5.74) is 4.47. The zero-order valence-corrected chi connectivity index (χ0v) is 14.7. The highest BCUT2D eigenvalue weighted by Crippen LogP contribution is 2.27. The van der Waals surface area contributed by atoms with Gasteiger partial charge in [-0.2, -0.15) is 0 Å². The van der Waals surface area contributed by atoms with Gasteiger partial charge in [0.15, 0.2) is 5.82 Å². The average molecular weight is 348 g/mol. The first-order chi connectivity index (χ1) is 10.0. The molecule has 0 bridgehead atoms. The molecule has 21 heavy (non-hydrogen) atoms. The van der Waals surface area contributed by atoms with Gasteiger partial charge in [-0.1, -0.05) is 41.1 Å². The minimum atomic E-state index is 0.574. The summed E-state index contributed by atoms with van der Waals surface area (Å²) >= 11 is 3.57. The molecule has 3 nitrogen and oxygen atoms in total. The van der Waals surface area contributed by atoms with Crippen LogP contribution < -0.4 is 5.32 Å². The van der Waals surface area contributed by atoms with Crippen LogP contribution in [0.3, 0.4) is 0 Å². The van der Waals surface area contributed by atoms with Crippen LogP contribution in [0.4, 0.5) is 0 Å². The lowest BCUT2D eigenvalue weighted by Crippen LogP contribution is -2.19. The number of hydrogen-bond acceptors (Lipinski definition) is 3. The Morgan fingerprint density at radius 1 is 1.14 bits per heavy atom. The number of halogens is 1. The zero-order chi connectivity index (χ0) is 15.4. The Labute approximate surface area is 135 Å². The lowest BCUT2D eigenvalue weighted by atomic mass is 9.98. The number of nitrogens with one attached hydrogen (secondary N) is 1. The molecule has 0 aliphatic carbocycles. The molecule has 1 aromatic heterocycles. The van der Waals surface area contributed by atoms with Crippen LogP contribution >= 0.6 is 15.9 Å². The van der Waals surface area contributed by atoms with Gasteiger partial charge >= 0.3 is 0 Å². The maximum absolute atomic E-state index is 4.72. The second-order valence-corrected chi connectivity index (χ2v) is 6.40. The van der Waals surface area contributed by atoms with E-state index in [2.05, 4.69) is 42.0 Å². The Balaban J connectivity index is 2.35. The first-order valence-electron chi connectivity index (χ1n) is 7.26. The molecule has 1 aromatic carbocycles. The molecule has 0 aliphatic rings. The summed E-state index contributed by atoms with van der Waals surface area (Å²) in [5.74, 6) is 1.37. The number of nitrogens with zero attached hydrogens (tertiary/aromatic N) is 2. The van der Waals surface area contributed by atoms with Crippen molar-refractivity contribution in [1.82, 2.24) is 15.3 Å². The van der Waals surface area contributed by atoms with Gasteiger partial charge in [0, 0.05) is 21.4 Å². The second kappa shape index (κ2) is 7.14. The molecule has 0 saturated carbocycles. The number of rotatable bonds is 5. The van der Waals surface area contributed by atoms with E-state index in [-0.39, 0.29) is 0 Å². The van der Waals surface area contributed by atoms with Crippen LogP contribution in [0, 0.1) is 19.8 Å². The van der Waals surface area contributed by atoms with Crippen LogP contribution in [0.25, 0.3) is 11.4 Å². The summed E-state index contributed by atoms with van der Waals surface area (Å²) in [7, 11) is 1.99. The first-order valence-corrected chi connectivity index (χ1v) is 8.05. The number of aryl methyl sites for hydroxylation is 2. The van der Waals surface area contributed by atoms with Crippen molar-refractivity contribution in [3.05, 3.63) is 45.7 Å². The van der Waals surface area contributed by atoms with E-state index in [1.165, 1.54) is 5.56 Å². The molecule has 112 valence electrons. The summed E-state index contributed by atoms with van der Waals surface area (Å²) in [6, 6.07) is 8.08. The van der Waals surface area contributed by atoms with E-state index in [9.17, 15) is 0 Å². The molecule has 1 N–H and O–H groups in total. The molecular formula is C17H22BrN3. The molecular weight excluding hydrogens is 326 g/mol. The Morgan fingerprint density at radius 3 is 2.33 bits per heavy atom. The van der Waals surface area contributed by atoms with Crippen molar-refractivity contribution in [2.75, 3.05) is 13.6 Å². The van der Waals surface area contributed by atoms with Crippen molar-refractivity contribution in [3.63, 3.8) is 0 Å². The lowest BCUT2D eigenvalue weighted by Gasteiger charge is -2.15. The Bertz CT molecular complexity index is 602. The normalized spacial score (nSPS) is 12.4. The maximum atomic E-state index is 4.72. The fraction of sp³-hybridized carbons (Fsp3) is 0.412. The van der Waals surface area contributed by atoms with Crippen molar-refractivity contribution < 1.29 is 0 Å². The van der Waals surface area contributed by atoms with Crippen LogP contribution in [0.1, 0.15) is 23.9 Å². The highest BCUT2D eigenvalue weighted by molar-refractivity contribution is 9.10. The van der Waals surface area contributed by atoms with E-state index in [4.69, 9.17) is 9.97 Å². The van der Waals surface area contributed by atoms with Crippen molar-refractivity contribution in [3.8, 4) is 11.4 Å². The van der Waals surface area contributed by atoms with Gasteiger partial charge in [0.1, 0.15) is 0 Å². The summed E-state index contributed by atoms with van der Waals surface area (Å²) in [6.07, 6.45) is 1.01. The number of aromatic nitrogens is 2. The van der Waals surface area contributed by atoms with E-state index in [0.29, 0.717) is 5.92 Å². The quantitative estimate of drug-likeness (QED) is 0.890. The molecule has 1 atom stereocenters. The van der Waals surface area contributed by atoms with Gasteiger partial charge in [0.2, 0.25) is 0 Å². The third-order valence-electron chi connectivity index (χ3n) is 3.64. The topological polar surface area (TPSA) is 37.8 Å². The smallest absolute Gasteiger partial charge is 0.160 e. The highest BCUT2D eigenvalue weighted by atomic mass is 79.9. The van der Waals surface area contributed by atoms with Gasteiger partial charge in [-0.05, 0) is 51.4 Å². The van der Waals surface area contributed by atoms with Crippen molar-refractivity contribution in [2.24, 2.45) is 5.92 Å². The number of hydrogen-bond donors (Lipinski definition) is 1. The molecule has 2 aromatic rings. The van der Waals surface area contributed by atoms with E-state index in [1.807, 2.05) is 31.3 Å². The van der Waals surface area contributed by atoms with Crippen molar-refractivity contribution in [1.29, 1.82) is 0 Å². The Morgan fingerprint density at radius 2 is 1.76 bits per heavy atom. The standard InChI is InChI=1S/C17H22BrN3/c1-11(10-19-4)9-15-12(2)20-17(21-13(15)3)14-7-5-6-8-16(14)18/h5-8,11,19H,9-10H2,1-4H3. The van der Waals surface area contributed by atoms with Gasteiger partial charge in [-0.25, -0.2) is 9.97 Å². The predicted molar refractivity (Wildman–Crippen MR) is 91.4 cm³/mol. The van der Waals surface area contributed by atoms with Gasteiger partial charge in [-0.15, -0.1) is 0 Å². The molecule has 0 aliphatic heterocycles. The molecule has 1 heterocycles. The van der Waals surface area contributed by atoms with Crippen molar-refractivity contribution in [2.45, 2.75) is 27.2 Å². The molecule has 0 amide bonds. The van der Waals surface area contributed by atoms with Gasteiger partial charge in [0.05, 0.1) is 0 Å². The van der Waals surface area contributed by atoms with Gasteiger partial charge in [-0.3, -0.25) is 0 Å². The molecule has 0 radical (unpaired) electrons. The summed E-state index contributed by atoms with van der Waals surface area (Å²) in [5, 5.41) is 3.22. The van der Waals surface area contributed by atoms with Gasteiger partial charge in [0.25, 0.3) is 0 Å². The molecule has 2 rings (SSSR count). The second-order valence-electron chi connectivity index (χ2n) is 5.54. The predicted octanol–water partition coefficient (Wildman–Crippen LogP) is 3.92. The minimum absolute atomic E-state index is 0.574. The average Bonchev–Trinajstić information content (AvgIpc) is 2.43. The molecule has 0 fully saturated rings. The van der Waals surface area contributed by atoms with Crippen LogP contribution in [0.15, 0.2) is 28.7 Å². The number of benzene rings is 1. The van der Waals surface area contributed by atoms with E-state index >= 15 is 0 Å². The highest BCUT2D eigenvalue weighted by Gasteiger charge is 2.14. The Hall–Kier alpha value is -1.26. The largest absolute Gasteiger partial charge is 0.319 e.